The Morgan fingerprint density at radius 1 is 1.08 bits per heavy atom. The van der Waals surface area contributed by atoms with E-state index in [-0.39, 0.29) is 0 Å². The van der Waals surface area contributed by atoms with Crippen LogP contribution in [0.2, 0.25) is 0 Å². The largest absolute Gasteiger partial charge is 0.705 e. The first-order chi connectivity index (χ1) is 6.24. The van der Waals surface area contributed by atoms with Crippen molar-refractivity contribution in [3.63, 3.8) is 0 Å². The molecule has 1 unspecified atom stereocenters. The van der Waals surface area contributed by atoms with Crippen molar-refractivity contribution in [3.8, 4) is 0 Å². The van der Waals surface area contributed by atoms with Crippen LogP contribution in [-0.2, 0) is 22.4 Å². The van der Waals surface area contributed by atoms with Gasteiger partial charge in [-0.05, 0) is 25.1 Å². The summed E-state index contributed by atoms with van der Waals surface area (Å²) in [5.41, 5.74) is 0. The zero-order chi connectivity index (χ0) is 10.1. The van der Waals surface area contributed by atoms with Crippen molar-refractivity contribution in [1.82, 2.24) is 0 Å². The minimum Gasteiger partial charge on any atom is -0.310 e. The van der Waals surface area contributed by atoms with Crippen LogP contribution in [-0.4, -0.2) is 19.8 Å². The lowest BCUT2D eigenvalue weighted by atomic mass is 10.9. The molecule has 0 aromatic heterocycles. The highest BCUT2D eigenvalue weighted by molar-refractivity contribution is 7.52. The Labute approximate surface area is 80.7 Å². The summed E-state index contributed by atoms with van der Waals surface area (Å²) < 4.78 is 30.7. The van der Waals surface area contributed by atoms with Crippen LogP contribution in [0.4, 0.5) is 0 Å². The van der Waals surface area contributed by atoms with Crippen LogP contribution in [0.3, 0.4) is 0 Å². The first-order valence-corrected chi connectivity index (χ1v) is 6.27. The molecule has 0 amide bonds. The van der Waals surface area contributed by atoms with Crippen LogP contribution in [0.25, 0.3) is 0 Å². The van der Waals surface area contributed by atoms with E-state index in [9.17, 15) is 4.57 Å². The third-order valence-electron chi connectivity index (χ3n) is 0.837. The van der Waals surface area contributed by atoms with E-state index in [1.54, 1.807) is 6.92 Å². The summed E-state index contributed by atoms with van der Waals surface area (Å²) in [7, 11) is -3.63. The van der Waals surface area contributed by atoms with Gasteiger partial charge >= 0.3 is 16.9 Å². The summed E-state index contributed by atoms with van der Waals surface area (Å²) in [6.45, 7) is 6.62. The Hall–Kier alpha value is 0.370. The lowest BCUT2D eigenvalue weighted by molar-refractivity contribution is 0.209. The fourth-order valence-corrected chi connectivity index (χ4v) is 2.19. The van der Waals surface area contributed by atoms with Gasteiger partial charge in [-0.1, -0.05) is 0 Å². The molecule has 0 spiro atoms. The molecule has 5 nitrogen and oxygen atoms in total. The van der Waals surface area contributed by atoms with Crippen molar-refractivity contribution in [2.75, 3.05) is 19.8 Å². The van der Waals surface area contributed by atoms with Crippen LogP contribution in [0.1, 0.15) is 20.8 Å². The molecule has 78 valence electrons. The van der Waals surface area contributed by atoms with Gasteiger partial charge in [0.2, 0.25) is 0 Å². The Balaban J connectivity index is 3.71. The number of hydrogen-bond donors (Lipinski definition) is 0. The van der Waals surface area contributed by atoms with Gasteiger partial charge < -0.3 is 9.05 Å². The smallest absolute Gasteiger partial charge is 0.310 e. The second-order valence-electron chi connectivity index (χ2n) is 1.78. The highest BCUT2D eigenvalue weighted by atomic mass is 31.2. The first-order valence-electron chi connectivity index (χ1n) is 4.08. The van der Waals surface area contributed by atoms with E-state index in [1.165, 1.54) is 0 Å². The second-order valence-corrected chi connectivity index (χ2v) is 4.10. The van der Waals surface area contributed by atoms with E-state index >= 15 is 0 Å². The van der Waals surface area contributed by atoms with E-state index in [0.717, 1.165) is 0 Å². The molecule has 0 saturated heterocycles. The average Bonchev–Trinajstić information content (AvgIpc) is 2.05. The molecule has 0 bridgehead atoms. The highest BCUT2D eigenvalue weighted by Gasteiger charge is 2.29. The molecule has 0 fully saturated rings. The van der Waals surface area contributed by atoms with Crippen molar-refractivity contribution in [2.24, 2.45) is 0 Å². The monoisotopic (exact) mass is 229 g/mol. The number of rotatable bonds is 8. The predicted molar refractivity (Wildman–Crippen MR) is 50.5 cm³/mol. The van der Waals surface area contributed by atoms with E-state index < -0.39 is 16.9 Å². The van der Waals surface area contributed by atoms with E-state index in [2.05, 4.69) is 0 Å². The molecule has 13 heavy (non-hydrogen) atoms. The molecule has 0 saturated carbocycles. The third kappa shape index (κ3) is 7.44. The molecule has 0 aliphatic rings. The average molecular weight is 229 g/mol. The SMILES string of the molecule is CCOP(OCC)O[P+](=O)OCC. The fraction of sp³-hybridized carbons (Fsp3) is 1.00. The Morgan fingerprint density at radius 2 is 1.62 bits per heavy atom. The summed E-state index contributed by atoms with van der Waals surface area (Å²) in [6, 6.07) is 0. The zero-order valence-electron chi connectivity index (χ0n) is 8.06. The Morgan fingerprint density at radius 3 is 2.00 bits per heavy atom. The van der Waals surface area contributed by atoms with Crippen LogP contribution in [0.5, 0.6) is 0 Å². The maximum absolute atomic E-state index is 11.0. The van der Waals surface area contributed by atoms with Gasteiger partial charge in [-0.3, -0.25) is 0 Å². The molecule has 0 aromatic carbocycles. The van der Waals surface area contributed by atoms with Crippen molar-refractivity contribution in [3.05, 3.63) is 0 Å². The van der Waals surface area contributed by atoms with Gasteiger partial charge in [0.1, 0.15) is 6.61 Å². The summed E-state index contributed by atoms with van der Waals surface area (Å²) in [5, 5.41) is 0. The zero-order valence-corrected chi connectivity index (χ0v) is 9.85. The van der Waals surface area contributed by atoms with Crippen LogP contribution >= 0.6 is 16.9 Å². The predicted octanol–water partition coefficient (Wildman–Crippen LogP) is 3.00. The van der Waals surface area contributed by atoms with E-state index in [0.29, 0.717) is 19.8 Å². The van der Waals surface area contributed by atoms with Crippen LogP contribution < -0.4 is 0 Å². The molecule has 0 aliphatic carbocycles. The minimum absolute atomic E-state index is 0.344. The lowest BCUT2D eigenvalue weighted by Crippen LogP contribution is -1.91. The fourth-order valence-electron chi connectivity index (χ4n) is 0.479. The van der Waals surface area contributed by atoms with Crippen LogP contribution in [0.15, 0.2) is 0 Å². The molecule has 0 aliphatic heterocycles. The number of hydrogen-bond acceptors (Lipinski definition) is 5. The summed E-state index contributed by atoms with van der Waals surface area (Å²) in [4.78, 5) is 0. The van der Waals surface area contributed by atoms with Gasteiger partial charge in [-0.25, -0.2) is 0 Å². The molecule has 7 heteroatoms. The van der Waals surface area contributed by atoms with Crippen molar-refractivity contribution in [2.45, 2.75) is 20.8 Å². The maximum Gasteiger partial charge on any atom is 0.705 e. The molecular weight excluding hydrogens is 214 g/mol. The maximum atomic E-state index is 11.0. The van der Waals surface area contributed by atoms with Crippen LogP contribution in [0, 0.1) is 0 Å². The van der Waals surface area contributed by atoms with E-state index in [4.69, 9.17) is 17.9 Å². The highest BCUT2D eigenvalue weighted by Crippen LogP contribution is 2.48. The molecule has 0 radical (unpaired) electrons. The third-order valence-corrected chi connectivity index (χ3v) is 3.31. The van der Waals surface area contributed by atoms with Gasteiger partial charge in [-0.15, -0.1) is 4.52 Å². The quantitative estimate of drug-likeness (QED) is 0.599. The van der Waals surface area contributed by atoms with E-state index in [1.807, 2.05) is 13.8 Å². The minimum atomic E-state index is -2.11. The van der Waals surface area contributed by atoms with Crippen molar-refractivity contribution in [1.29, 1.82) is 0 Å². The summed E-state index contributed by atoms with van der Waals surface area (Å²) in [6.07, 6.45) is 0. The van der Waals surface area contributed by atoms with Gasteiger partial charge in [0.25, 0.3) is 0 Å². The first kappa shape index (κ1) is 13.4. The molecule has 0 heterocycles. The Kier molecular flexibility index (Phi) is 9.20. The lowest BCUT2D eigenvalue weighted by Gasteiger charge is -2.06. The topological polar surface area (TPSA) is 54.0 Å². The van der Waals surface area contributed by atoms with Crippen molar-refractivity contribution >= 4 is 16.9 Å². The molecule has 0 rings (SSSR count). The second kappa shape index (κ2) is 8.95. The van der Waals surface area contributed by atoms with Gasteiger partial charge in [0.15, 0.2) is 0 Å². The molecular formula is C6H15O5P2+. The summed E-state index contributed by atoms with van der Waals surface area (Å²) in [5.74, 6) is 0. The molecule has 0 aromatic rings. The van der Waals surface area contributed by atoms with Gasteiger partial charge in [0, 0.05) is 4.57 Å². The van der Waals surface area contributed by atoms with Gasteiger partial charge in [-0.2, -0.15) is 0 Å². The molecule has 0 N–H and O–H groups in total. The van der Waals surface area contributed by atoms with Crippen molar-refractivity contribution < 1.29 is 22.4 Å². The van der Waals surface area contributed by atoms with Gasteiger partial charge in [0.05, 0.1) is 13.2 Å². The Bertz CT molecular complexity index is 137. The normalized spacial score (nSPS) is 12.2. The molecule has 1 atom stereocenters. The summed E-state index contributed by atoms with van der Waals surface area (Å²) >= 11 is 0. The standard InChI is InChI=1S/C6H15O5P2/c1-4-8-12(7)11-13(9-5-2)10-6-3/h4-6H2,1-3H3/q+1.